The first-order valence-electron chi connectivity index (χ1n) is 4.77. The van der Waals surface area contributed by atoms with Crippen molar-refractivity contribution in [3.63, 3.8) is 0 Å². The van der Waals surface area contributed by atoms with Gasteiger partial charge in [0.2, 0.25) is 0 Å². The zero-order chi connectivity index (χ0) is 10.5. The third kappa shape index (κ3) is 2.71. The van der Waals surface area contributed by atoms with Gasteiger partial charge < -0.3 is 10.1 Å². The Hall–Kier alpha value is -2.03. The minimum atomic E-state index is 0.302. The molecule has 15 heavy (non-hydrogen) atoms. The van der Waals surface area contributed by atoms with Crippen molar-refractivity contribution in [1.82, 2.24) is 9.97 Å². The summed E-state index contributed by atoms with van der Waals surface area (Å²) in [5.74, 6) is 0.302. The van der Waals surface area contributed by atoms with E-state index in [0.29, 0.717) is 5.75 Å². The number of nitrogens with one attached hydrogen (secondary N) is 1. The molecule has 0 fully saturated rings. The Morgan fingerprint density at radius 1 is 1.27 bits per heavy atom. The minimum absolute atomic E-state index is 0.302. The van der Waals surface area contributed by atoms with Gasteiger partial charge in [-0.25, -0.2) is 4.98 Å². The van der Waals surface area contributed by atoms with E-state index in [1.54, 1.807) is 24.7 Å². The molecule has 0 saturated heterocycles. The van der Waals surface area contributed by atoms with Crippen LogP contribution in [0.2, 0.25) is 0 Å². The molecule has 0 bridgehead atoms. The van der Waals surface area contributed by atoms with Gasteiger partial charge in [0.05, 0.1) is 18.2 Å². The van der Waals surface area contributed by atoms with Crippen LogP contribution in [0.5, 0.6) is 5.75 Å². The van der Waals surface area contributed by atoms with Crippen LogP contribution in [0.3, 0.4) is 0 Å². The SMILES string of the molecule is Oc1ccc(C/C=C/c2cnc[nH]2)cc1. The van der Waals surface area contributed by atoms with Crippen LogP contribution in [0.1, 0.15) is 11.3 Å². The van der Waals surface area contributed by atoms with Gasteiger partial charge in [-0.1, -0.05) is 18.2 Å². The highest BCUT2D eigenvalue weighted by Crippen LogP contribution is 2.10. The lowest BCUT2D eigenvalue weighted by Gasteiger charge is -1.95. The fourth-order valence-corrected chi connectivity index (χ4v) is 1.31. The lowest BCUT2D eigenvalue weighted by molar-refractivity contribution is 0.475. The Balaban J connectivity index is 1.96. The number of phenols is 1. The van der Waals surface area contributed by atoms with Crippen molar-refractivity contribution < 1.29 is 5.11 Å². The summed E-state index contributed by atoms with van der Waals surface area (Å²) < 4.78 is 0. The number of aromatic amines is 1. The maximum Gasteiger partial charge on any atom is 0.115 e. The van der Waals surface area contributed by atoms with Crippen LogP contribution in [0.25, 0.3) is 6.08 Å². The van der Waals surface area contributed by atoms with Crippen molar-refractivity contribution >= 4 is 6.08 Å². The van der Waals surface area contributed by atoms with Gasteiger partial charge in [0.25, 0.3) is 0 Å². The number of hydrogen-bond donors (Lipinski definition) is 2. The van der Waals surface area contributed by atoms with E-state index in [9.17, 15) is 0 Å². The predicted octanol–water partition coefficient (Wildman–Crippen LogP) is 2.37. The third-order valence-electron chi connectivity index (χ3n) is 2.11. The van der Waals surface area contributed by atoms with Gasteiger partial charge in [-0.15, -0.1) is 0 Å². The number of allylic oxidation sites excluding steroid dienone is 1. The lowest BCUT2D eigenvalue weighted by atomic mass is 10.1. The first-order chi connectivity index (χ1) is 7.34. The van der Waals surface area contributed by atoms with Crippen molar-refractivity contribution in [2.24, 2.45) is 0 Å². The summed E-state index contributed by atoms with van der Waals surface area (Å²) in [6.07, 6.45) is 8.31. The highest BCUT2D eigenvalue weighted by Gasteiger charge is 1.90. The molecule has 0 spiro atoms. The Bertz CT molecular complexity index is 429. The molecule has 2 N–H and O–H groups in total. The summed E-state index contributed by atoms with van der Waals surface area (Å²) in [5.41, 5.74) is 2.16. The Morgan fingerprint density at radius 3 is 2.73 bits per heavy atom. The molecule has 0 radical (unpaired) electrons. The van der Waals surface area contributed by atoms with Crippen LogP contribution >= 0.6 is 0 Å². The van der Waals surface area contributed by atoms with E-state index in [2.05, 4.69) is 16.0 Å². The highest BCUT2D eigenvalue weighted by atomic mass is 16.3. The second-order valence-electron chi connectivity index (χ2n) is 3.28. The van der Waals surface area contributed by atoms with E-state index in [1.165, 1.54) is 5.56 Å². The largest absolute Gasteiger partial charge is 0.508 e. The maximum atomic E-state index is 9.10. The topological polar surface area (TPSA) is 48.9 Å². The second-order valence-corrected chi connectivity index (χ2v) is 3.28. The van der Waals surface area contributed by atoms with Crippen LogP contribution in [0.4, 0.5) is 0 Å². The monoisotopic (exact) mass is 200 g/mol. The number of benzene rings is 1. The maximum absolute atomic E-state index is 9.10. The van der Waals surface area contributed by atoms with Gasteiger partial charge in [0.15, 0.2) is 0 Å². The van der Waals surface area contributed by atoms with Crippen LogP contribution in [-0.2, 0) is 6.42 Å². The van der Waals surface area contributed by atoms with Gasteiger partial charge in [0, 0.05) is 0 Å². The van der Waals surface area contributed by atoms with E-state index in [-0.39, 0.29) is 0 Å². The highest BCUT2D eigenvalue weighted by molar-refractivity contribution is 5.43. The third-order valence-corrected chi connectivity index (χ3v) is 2.11. The van der Waals surface area contributed by atoms with Crippen molar-refractivity contribution in [1.29, 1.82) is 0 Å². The molecule has 0 atom stereocenters. The summed E-state index contributed by atoms with van der Waals surface area (Å²) in [7, 11) is 0. The quantitative estimate of drug-likeness (QED) is 0.799. The molecule has 0 aliphatic heterocycles. The second kappa shape index (κ2) is 4.46. The van der Waals surface area contributed by atoms with Crippen LogP contribution in [0.15, 0.2) is 42.9 Å². The van der Waals surface area contributed by atoms with Gasteiger partial charge in [-0.05, 0) is 30.2 Å². The number of H-pyrrole nitrogens is 1. The van der Waals surface area contributed by atoms with Gasteiger partial charge >= 0.3 is 0 Å². The number of hydrogen-bond acceptors (Lipinski definition) is 2. The van der Waals surface area contributed by atoms with E-state index in [4.69, 9.17) is 5.11 Å². The van der Waals surface area contributed by atoms with Crippen molar-refractivity contribution in [2.75, 3.05) is 0 Å². The van der Waals surface area contributed by atoms with Crippen LogP contribution in [0, 0.1) is 0 Å². The molecule has 0 aliphatic rings. The number of rotatable bonds is 3. The minimum Gasteiger partial charge on any atom is -0.508 e. The number of aromatic hydroxyl groups is 1. The summed E-state index contributed by atoms with van der Waals surface area (Å²) >= 11 is 0. The van der Waals surface area contributed by atoms with Crippen LogP contribution < -0.4 is 0 Å². The van der Waals surface area contributed by atoms with Crippen molar-refractivity contribution in [3.05, 3.63) is 54.1 Å². The fourth-order valence-electron chi connectivity index (χ4n) is 1.31. The average Bonchev–Trinajstić information content (AvgIpc) is 2.74. The van der Waals surface area contributed by atoms with Gasteiger partial charge in [-0.2, -0.15) is 0 Å². The van der Waals surface area contributed by atoms with Gasteiger partial charge in [0.1, 0.15) is 5.75 Å². The Labute approximate surface area is 88.1 Å². The molecule has 0 unspecified atom stereocenters. The molecule has 0 saturated carbocycles. The molecule has 1 aromatic carbocycles. The number of imidazole rings is 1. The fraction of sp³-hybridized carbons (Fsp3) is 0.0833. The summed E-state index contributed by atoms with van der Waals surface area (Å²) in [6, 6.07) is 7.21. The Kier molecular flexibility index (Phi) is 2.83. The first kappa shape index (κ1) is 9.52. The molecule has 1 aromatic heterocycles. The zero-order valence-corrected chi connectivity index (χ0v) is 8.22. The number of phenolic OH excluding ortho intramolecular Hbond substituents is 1. The summed E-state index contributed by atoms with van der Waals surface area (Å²) in [6.45, 7) is 0. The van der Waals surface area contributed by atoms with E-state index < -0.39 is 0 Å². The number of aromatic nitrogens is 2. The summed E-state index contributed by atoms with van der Waals surface area (Å²) in [5, 5.41) is 9.10. The van der Waals surface area contributed by atoms with E-state index in [1.807, 2.05) is 18.2 Å². The molecular formula is C12H12N2O. The van der Waals surface area contributed by atoms with Gasteiger partial charge in [-0.3, -0.25) is 0 Å². The summed E-state index contributed by atoms with van der Waals surface area (Å²) in [4.78, 5) is 6.91. The van der Waals surface area contributed by atoms with Crippen molar-refractivity contribution in [3.8, 4) is 5.75 Å². The standard InChI is InChI=1S/C12H12N2O/c15-12-6-4-10(5-7-12)2-1-3-11-8-13-9-14-11/h1,3-9,15H,2H2,(H,13,14)/b3-1+. The average molecular weight is 200 g/mol. The Morgan fingerprint density at radius 2 is 2.07 bits per heavy atom. The predicted molar refractivity (Wildman–Crippen MR) is 59.4 cm³/mol. The first-order valence-corrected chi connectivity index (χ1v) is 4.77. The van der Waals surface area contributed by atoms with E-state index >= 15 is 0 Å². The molecule has 76 valence electrons. The molecular weight excluding hydrogens is 188 g/mol. The molecule has 3 nitrogen and oxygen atoms in total. The van der Waals surface area contributed by atoms with E-state index in [0.717, 1.165) is 12.1 Å². The normalized spacial score (nSPS) is 10.9. The molecule has 0 aliphatic carbocycles. The number of nitrogens with zero attached hydrogens (tertiary/aromatic N) is 1. The smallest absolute Gasteiger partial charge is 0.115 e. The molecule has 2 aromatic rings. The van der Waals surface area contributed by atoms with Crippen molar-refractivity contribution in [2.45, 2.75) is 6.42 Å². The molecule has 3 heteroatoms. The molecule has 1 heterocycles. The molecule has 0 amide bonds. The lowest BCUT2D eigenvalue weighted by Crippen LogP contribution is -1.79. The van der Waals surface area contributed by atoms with Crippen LogP contribution in [-0.4, -0.2) is 15.1 Å². The molecule has 2 rings (SSSR count). The zero-order valence-electron chi connectivity index (χ0n) is 8.22.